The summed E-state index contributed by atoms with van der Waals surface area (Å²) in [6, 6.07) is 0. The summed E-state index contributed by atoms with van der Waals surface area (Å²) in [5.74, 6) is 0. The summed E-state index contributed by atoms with van der Waals surface area (Å²) in [4.78, 5) is 0. The molecule has 0 aromatic carbocycles. The minimum atomic E-state index is 1.09. The summed E-state index contributed by atoms with van der Waals surface area (Å²) in [5, 5.41) is 0. The lowest BCUT2D eigenvalue weighted by molar-refractivity contribution is 0.930. The molecule has 0 aliphatic carbocycles. The molecule has 0 aliphatic heterocycles. The predicted molar refractivity (Wildman–Crippen MR) is 82.0 cm³/mol. The van der Waals surface area contributed by atoms with Crippen molar-refractivity contribution < 1.29 is 0 Å². The Morgan fingerprint density at radius 1 is 1.00 bits per heavy atom. The van der Waals surface area contributed by atoms with Gasteiger partial charge in [-0.05, 0) is 20.3 Å². The second-order valence-corrected chi connectivity index (χ2v) is 2.99. The van der Waals surface area contributed by atoms with E-state index in [-0.39, 0.29) is 0 Å². The lowest BCUT2D eigenvalue weighted by atomic mass is 10.2. The van der Waals surface area contributed by atoms with Crippen LogP contribution in [0, 0.1) is 0 Å². The standard InChI is InChI=1S/C7H12.C4H8.C3H8.C2H6/c1-4-6-7(3)5-2;1-3-4-2;1-3-2;1-2/h5H,2-4,6H2,1H3;3-4H,1-2H3;3H2,1-2H3;1-2H3/b;4-3-;;. The Morgan fingerprint density at radius 2 is 1.31 bits per heavy atom. The van der Waals surface area contributed by atoms with Crippen molar-refractivity contribution in [3.05, 3.63) is 37.0 Å². The molecule has 0 aliphatic rings. The molecular formula is C16H34. The van der Waals surface area contributed by atoms with Crippen LogP contribution in [0.3, 0.4) is 0 Å². The van der Waals surface area contributed by atoms with Crippen LogP contribution in [0.25, 0.3) is 0 Å². The van der Waals surface area contributed by atoms with E-state index in [1.807, 2.05) is 45.9 Å². The van der Waals surface area contributed by atoms with Gasteiger partial charge in [-0.15, -0.1) is 0 Å². The van der Waals surface area contributed by atoms with E-state index < -0.39 is 0 Å². The lowest BCUT2D eigenvalue weighted by Gasteiger charge is -1.89. The van der Waals surface area contributed by atoms with Crippen LogP contribution >= 0.6 is 0 Å². The van der Waals surface area contributed by atoms with Gasteiger partial charge < -0.3 is 0 Å². The van der Waals surface area contributed by atoms with Crippen molar-refractivity contribution in [2.75, 3.05) is 0 Å². The first-order valence-electron chi connectivity index (χ1n) is 6.51. The molecule has 0 heteroatoms. The quantitative estimate of drug-likeness (QED) is 0.378. The van der Waals surface area contributed by atoms with Gasteiger partial charge >= 0.3 is 0 Å². The van der Waals surface area contributed by atoms with Gasteiger partial charge in [0.05, 0.1) is 0 Å². The molecule has 0 radical (unpaired) electrons. The molecule has 0 atom stereocenters. The maximum absolute atomic E-state index is 3.74. The molecule has 0 aromatic rings. The van der Waals surface area contributed by atoms with Crippen LogP contribution in [0.15, 0.2) is 37.0 Å². The lowest BCUT2D eigenvalue weighted by Crippen LogP contribution is -1.69. The molecule has 0 N–H and O–H groups in total. The van der Waals surface area contributed by atoms with Crippen molar-refractivity contribution >= 4 is 0 Å². The van der Waals surface area contributed by atoms with Crippen molar-refractivity contribution in [3.63, 3.8) is 0 Å². The topological polar surface area (TPSA) is 0 Å². The van der Waals surface area contributed by atoms with E-state index in [4.69, 9.17) is 0 Å². The monoisotopic (exact) mass is 226 g/mol. The molecule has 0 rings (SSSR count). The third-order valence-corrected chi connectivity index (χ3v) is 1.19. The molecule has 0 saturated heterocycles. The van der Waals surface area contributed by atoms with Gasteiger partial charge in [-0.3, -0.25) is 0 Å². The van der Waals surface area contributed by atoms with E-state index in [0.29, 0.717) is 0 Å². The molecular weight excluding hydrogens is 192 g/mol. The summed E-state index contributed by atoms with van der Waals surface area (Å²) in [6.45, 7) is 21.7. The van der Waals surface area contributed by atoms with Gasteiger partial charge in [0.25, 0.3) is 0 Å². The molecule has 0 bridgehead atoms. The molecule has 0 aromatic heterocycles. The average Bonchev–Trinajstić information content (AvgIpc) is 2.33. The van der Waals surface area contributed by atoms with Gasteiger partial charge in [0.2, 0.25) is 0 Å². The highest BCUT2D eigenvalue weighted by Gasteiger charge is 1.79. The summed E-state index contributed by atoms with van der Waals surface area (Å²) in [5.41, 5.74) is 1.14. The zero-order chi connectivity index (χ0) is 13.8. The highest BCUT2D eigenvalue weighted by Crippen LogP contribution is 1.99. The van der Waals surface area contributed by atoms with Gasteiger partial charge in [-0.1, -0.05) is 84.4 Å². The summed E-state index contributed by atoms with van der Waals surface area (Å²) in [7, 11) is 0. The number of hydrogen-bond donors (Lipinski definition) is 0. The van der Waals surface area contributed by atoms with Gasteiger partial charge in [-0.2, -0.15) is 0 Å². The first kappa shape index (κ1) is 24.4. The maximum Gasteiger partial charge on any atom is -0.0288 e. The minimum Gasteiger partial charge on any atom is -0.0988 e. The Labute approximate surface area is 105 Å². The molecule has 0 amide bonds. The summed E-state index contributed by atoms with van der Waals surface area (Å²) >= 11 is 0. The third-order valence-electron chi connectivity index (χ3n) is 1.19. The van der Waals surface area contributed by atoms with Crippen LogP contribution in [-0.2, 0) is 0 Å². The van der Waals surface area contributed by atoms with E-state index in [1.54, 1.807) is 0 Å². The van der Waals surface area contributed by atoms with E-state index in [9.17, 15) is 0 Å². The van der Waals surface area contributed by atoms with Gasteiger partial charge in [-0.25, -0.2) is 0 Å². The van der Waals surface area contributed by atoms with E-state index in [1.165, 1.54) is 12.8 Å². The van der Waals surface area contributed by atoms with Crippen LogP contribution in [0.2, 0.25) is 0 Å². The Kier molecular flexibility index (Phi) is 56.2. The normalized spacial score (nSPS) is 7.44. The fourth-order valence-corrected chi connectivity index (χ4v) is 0.423. The highest BCUT2D eigenvalue weighted by atomic mass is 13.9. The van der Waals surface area contributed by atoms with Crippen molar-refractivity contribution in [1.29, 1.82) is 0 Å². The van der Waals surface area contributed by atoms with Crippen molar-refractivity contribution in [2.24, 2.45) is 0 Å². The van der Waals surface area contributed by atoms with E-state index in [0.717, 1.165) is 12.0 Å². The Hall–Kier alpha value is -0.780. The SMILES string of the molecule is C/C=C\C.C=CC(=C)CCC.CC.CCC. The van der Waals surface area contributed by atoms with E-state index >= 15 is 0 Å². The molecule has 16 heavy (non-hydrogen) atoms. The molecule has 0 spiro atoms. The molecule has 0 nitrogen and oxygen atoms in total. The fourth-order valence-electron chi connectivity index (χ4n) is 0.423. The predicted octanol–water partition coefficient (Wildman–Crippen LogP) is 6.55. The zero-order valence-electron chi connectivity index (χ0n) is 12.8. The minimum absolute atomic E-state index is 1.09. The first-order valence-corrected chi connectivity index (χ1v) is 6.51. The van der Waals surface area contributed by atoms with Gasteiger partial charge in [0, 0.05) is 0 Å². The molecule has 0 unspecified atom stereocenters. The van der Waals surface area contributed by atoms with Crippen molar-refractivity contribution in [2.45, 2.75) is 67.7 Å². The molecule has 0 heterocycles. The Bertz CT molecular complexity index is 125. The van der Waals surface area contributed by atoms with Crippen LogP contribution < -0.4 is 0 Å². The van der Waals surface area contributed by atoms with E-state index in [2.05, 4.69) is 33.9 Å². The maximum atomic E-state index is 3.74. The first-order chi connectivity index (χ1) is 7.64. The summed E-state index contributed by atoms with van der Waals surface area (Å²) < 4.78 is 0. The molecule has 98 valence electrons. The van der Waals surface area contributed by atoms with Crippen LogP contribution in [0.4, 0.5) is 0 Å². The van der Waals surface area contributed by atoms with Gasteiger partial charge in [0.15, 0.2) is 0 Å². The number of hydrogen-bond acceptors (Lipinski definition) is 0. The summed E-state index contributed by atoms with van der Waals surface area (Å²) in [6.07, 6.45) is 9.32. The van der Waals surface area contributed by atoms with Gasteiger partial charge in [0.1, 0.15) is 0 Å². The zero-order valence-corrected chi connectivity index (χ0v) is 12.8. The second-order valence-electron chi connectivity index (χ2n) is 2.99. The number of allylic oxidation sites excluding steroid dienone is 4. The number of rotatable bonds is 3. The smallest absolute Gasteiger partial charge is 0.0288 e. The Morgan fingerprint density at radius 3 is 1.38 bits per heavy atom. The largest absolute Gasteiger partial charge is 0.0988 e. The third kappa shape index (κ3) is 72.4. The second kappa shape index (κ2) is 36.8. The Balaban J connectivity index is -0.0000000685. The van der Waals surface area contributed by atoms with Crippen LogP contribution in [-0.4, -0.2) is 0 Å². The van der Waals surface area contributed by atoms with Crippen molar-refractivity contribution in [1.82, 2.24) is 0 Å². The molecule has 0 fully saturated rings. The fraction of sp³-hybridized carbons (Fsp3) is 0.625. The average molecular weight is 226 g/mol. The van der Waals surface area contributed by atoms with Crippen molar-refractivity contribution in [3.8, 4) is 0 Å². The van der Waals surface area contributed by atoms with Crippen LogP contribution in [0.5, 0.6) is 0 Å². The molecule has 0 saturated carbocycles. The highest BCUT2D eigenvalue weighted by molar-refractivity contribution is 5.09. The van der Waals surface area contributed by atoms with Crippen LogP contribution in [0.1, 0.15) is 67.7 Å².